The van der Waals surface area contributed by atoms with Gasteiger partial charge < -0.3 is 16.2 Å². The molecule has 0 saturated carbocycles. The van der Waals surface area contributed by atoms with Crippen LogP contribution in [0.1, 0.15) is 30.4 Å². The number of ether oxygens (including phenoxy) is 1. The first-order valence-corrected chi connectivity index (χ1v) is 10.6. The molecule has 2 aliphatic rings. The van der Waals surface area contributed by atoms with Gasteiger partial charge in [0.15, 0.2) is 0 Å². The summed E-state index contributed by atoms with van der Waals surface area (Å²) in [5.41, 5.74) is 13.7. The Morgan fingerprint density at radius 2 is 1.71 bits per heavy atom. The lowest BCUT2D eigenvalue weighted by molar-refractivity contribution is -0.114. The molecule has 31 heavy (non-hydrogen) atoms. The van der Waals surface area contributed by atoms with Gasteiger partial charge in [0, 0.05) is 24.9 Å². The van der Waals surface area contributed by atoms with Crippen LogP contribution < -0.4 is 16.2 Å². The van der Waals surface area contributed by atoms with Gasteiger partial charge in [-0.05, 0) is 61.7 Å². The van der Waals surface area contributed by atoms with Crippen LogP contribution in [0.4, 0.5) is 0 Å². The lowest BCUT2D eigenvalue weighted by Crippen LogP contribution is -2.18. The minimum absolute atomic E-state index is 0.414. The van der Waals surface area contributed by atoms with Crippen LogP contribution >= 0.6 is 0 Å². The average molecular weight is 419 g/mol. The Balaban J connectivity index is 0.000000194. The van der Waals surface area contributed by atoms with Gasteiger partial charge in [-0.15, -0.1) is 0 Å². The third kappa shape index (κ3) is 7.51. The fourth-order valence-electron chi connectivity index (χ4n) is 3.35. The fourth-order valence-corrected chi connectivity index (χ4v) is 3.35. The predicted molar refractivity (Wildman–Crippen MR) is 124 cm³/mol. The second-order valence-corrected chi connectivity index (χ2v) is 7.51. The van der Waals surface area contributed by atoms with E-state index in [0.717, 1.165) is 12.1 Å². The van der Waals surface area contributed by atoms with Crippen LogP contribution in [-0.2, 0) is 17.9 Å². The van der Waals surface area contributed by atoms with Crippen molar-refractivity contribution < 1.29 is 9.53 Å². The molecule has 0 aromatic heterocycles. The molecule has 6 heteroatoms. The third-order valence-electron chi connectivity index (χ3n) is 5.09. The number of aliphatic imine (C=N–C) groups is 1. The van der Waals surface area contributed by atoms with Crippen molar-refractivity contribution >= 4 is 11.8 Å². The highest BCUT2D eigenvalue weighted by Crippen LogP contribution is 2.15. The molecule has 1 amide bonds. The van der Waals surface area contributed by atoms with E-state index in [9.17, 15) is 4.79 Å². The Morgan fingerprint density at radius 3 is 2.35 bits per heavy atom. The van der Waals surface area contributed by atoms with E-state index in [4.69, 9.17) is 16.2 Å². The summed E-state index contributed by atoms with van der Waals surface area (Å²) in [6.45, 7) is 4.20. The summed E-state index contributed by atoms with van der Waals surface area (Å²) in [6, 6.07) is 18.1. The molecule has 4 rings (SSSR count). The first kappa shape index (κ1) is 22.5. The lowest BCUT2D eigenvalue weighted by atomic mass is 10.2. The van der Waals surface area contributed by atoms with Gasteiger partial charge >= 0.3 is 0 Å². The van der Waals surface area contributed by atoms with Gasteiger partial charge in [0.1, 0.15) is 5.75 Å². The number of likely N-dealkylation sites (tertiary alicyclic amines) is 1. The van der Waals surface area contributed by atoms with Crippen molar-refractivity contribution in [2.24, 2.45) is 16.5 Å². The van der Waals surface area contributed by atoms with Crippen molar-refractivity contribution in [3.8, 4) is 5.75 Å². The first-order chi connectivity index (χ1) is 15.1. The molecule has 0 unspecified atom stereocenters. The Bertz CT molecular complexity index is 928. The number of nitrogens with two attached hydrogens (primary N) is 2. The van der Waals surface area contributed by atoms with E-state index in [1.165, 1.54) is 37.7 Å². The quantitative estimate of drug-likeness (QED) is 0.777. The molecule has 2 heterocycles. The number of nitrogens with zero attached hydrogens (tertiary/aromatic N) is 2. The summed E-state index contributed by atoms with van der Waals surface area (Å²) in [5.74, 6) is 0.607. The molecule has 6 nitrogen and oxygen atoms in total. The fraction of sp³-hybridized carbons (Fsp3) is 0.280. The van der Waals surface area contributed by atoms with E-state index in [2.05, 4.69) is 40.2 Å². The van der Waals surface area contributed by atoms with Gasteiger partial charge in [-0.3, -0.25) is 9.69 Å². The molecule has 1 fully saturated rings. The molecule has 2 aromatic rings. The van der Waals surface area contributed by atoms with E-state index in [0.29, 0.717) is 30.2 Å². The molecule has 2 aromatic carbocycles. The molecule has 0 aliphatic carbocycles. The first-order valence-electron chi connectivity index (χ1n) is 10.6. The standard InChI is InChI=1S/C14H15N3O2.C11H15N/c15-8-10-4-6-12(7-5-10)19-13-3-1-2-11(9-17-13)14(16)18;1-2-6-11(7-3-1)10-12-8-4-5-9-12/h1,3-7,9H,2,8,15H2,(H2,16,18);1-3,6-7H,4-5,8-10H2. The summed E-state index contributed by atoms with van der Waals surface area (Å²) >= 11 is 0. The zero-order chi connectivity index (χ0) is 21.9. The van der Waals surface area contributed by atoms with E-state index in [1.54, 1.807) is 12.2 Å². The molecule has 0 radical (unpaired) electrons. The van der Waals surface area contributed by atoms with Crippen molar-refractivity contribution in [1.29, 1.82) is 0 Å². The lowest BCUT2D eigenvalue weighted by Gasteiger charge is -2.13. The number of benzene rings is 2. The van der Waals surface area contributed by atoms with Crippen molar-refractivity contribution in [2.45, 2.75) is 32.4 Å². The second kappa shape index (κ2) is 11.8. The molecular weight excluding hydrogens is 388 g/mol. The van der Waals surface area contributed by atoms with Crippen LogP contribution in [0, 0.1) is 0 Å². The summed E-state index contributed by atoms with van der Waals surface area (Å²) in [5, 5.41) is 0. The van der Waals surface area contributed by atoms with E-state index in [1.807, 2.05) is 24.3 Å². The Morgan fingerprint density at radius 1 is 1.00 bits per heavy atom. The van der Waals surface area contributed by atoms with Crippen molar-refractivity contribution in [3.05, 3.63) is 89.6 Å². The monoisotopic (exact) mass is 418 g/mol. The Labute approximate surface area is 183 Å². The number of primary amides is 1. The number of hydrogen-bond donors (Lipinski definition) is 2. The van der Waals surface area contributed by atoms with Gasteiger partial charge in [-0.25, -0.2) is 4.99 Å². The van der Waals surface area contributed by atoms with Crippen LogP contribution in [0.5, 0.6) is 5.75 Å². The molecule has 162 valence electrons. The number of carbonyl (C=O) groups is 1. The summed E-state index contributed by atoms with van der Waals surface area (Å²) < 4.78 is 5.59. The minimum atomic E-state index is -0.470. The highest BCUT2D eigenvalue weighted by Gasteiger charge is 2.10. The van der Waals surface area contributed by atoms with E-state index in [-0.39, 0.29) is 0 Å². The van der Waals surface area contributed by atoms with Crippen molar-refractivity contribution in [1.82, 2.24) is 4.90 Å². The largest absolute Gasteiger partial charge is 0.439 e. The second-order valence-electron chi connectivity index (χ2n) is 7.51. The highest BCUT2D eigenvalue weighted by molar-refractivity contribution is 5.95. The van der Waals surface area contributed by atoms with Gasteiger partial charge in [-0.2, -0.15) is 0 Å². The summed E-state index contributed by atoms with van der Waals surface area (Å²) in [6.07, 6.45) is 8.16. The number of allylic oxidation sites excluding steroid dienone is 1. The third-order valence-corrected chi connectivity index (χ3v) is 5.09. The molecule has 2 aliphatic heterocycles. The summed E-state index contributed by atoms with van der Waals surface area (Å²) in [7, 11) is 0. The predicted octanol–water partition coefficient (Wildman–Crippen LogP) is 3.53. The van der Waals surface area contributed by atoms with Crippen LogP contribution in [-0.4, -0.2) is 29.8 Å². The van der Waals surface area contributed by atoms with Gasteiger partial charge in [0.05, 0.1) is 0 Å². The molecule has 0 bridgehead atoms. The maximum absolute atomic E-state index is 11.0. The van der Waals surface area contributed by atoms with Gasteiger partial charge in [0.25, 0.3) is 0 Å². The smallest absolute Gasteiger partial charge is 0.246 e. The maximum atomic E-state index is 11.0. The zero-order valence-corrected chi connectivity index (χ0v) is 17.7. The van der Waals surface area contributed by atoms with Crippen LogP contribution in [0.15, 0.2) is 83.5 Å². The summed E-state index contributed by atoms with van der Waals surface area (Å²) in [4.78, 5) is 17.6. The Kier molecular flexibility index (Phi) is 8.58. The minimum Gasteiger partial charge on any atom is -0.439 e. The van der Waals surface area contributed by atoms with E-state index >= 15 is 0 Å². The molecule has 0 spiro atoms. The Hall–Kier alpha value is -3.22. The number of rotatable bonds is 5. The zero-order valence-electron chi connectivity index (χ0n) is 17.7. The molecule has 0 atom stereocenters. The van der Waals surface area contributed by atoms with Gasteiger partial charge in [0.2, 0.25) is 11.8 Å². The molecule has 1 saturated heterocycles. The normalized spacial score (nSPS) is 15.9. The number of hydrogen-bond acceptors (Lipinski definition) is 5. The number of carbonyl (C=O) groups excluding carboxylic acids is 1. The van der Waals surface area contributed by atoms with Gasteiger partial charge in [-0.1, -0.05) is 48.5 Å². The van der Waals surface area contributed by atoms with Crippen LogP contribution in [0.25, 0.3) is 0 Å². The molecular formula is C25H30N4O2. The van der Waals surface area contributed by atoms with Crippen LogP contribution in [0.2, 0.25) is 0 Å². The maximum Gasteiger partial charge on any atom is 0.246 e. The van der Waals surface area contributed by atoms with Crippen molar-refractivity contribution in [3.63, 3.8) is 0 Å². The van der Waals surface area contributed by atoms with Crippen LogP contribution in [0.3, 0.4) is 0 Å². The average Bonchev–Trinajstić information content (AvgIpc) is 3.19. The van der Waals surface area contributed by atoms with Crippen molar-refractivity contribution in [2.75, 3.05) is 13.1 Å². The number of amides is 1. The SMILES string of the molecule is NCc1ccc(OC2=NC=C(C(N)=O)CC=C2)cc1.c1ccc(CN2CCCC2)cc1. The van der Waals surface area contributed by atoms with E-state index < -0.39 is 5.91 Å². The highest BCUT2D eigenvalue weighted by atomic mass is 16.5. The molecule has 4 N–H and O–H groups in total. The topological polar surface area (TPSA) is 93.9 Å².